The molecule has 2 aromatic carbocycles. The molecular weight excluding hydrogens is 344 g/mol. The number of carbonyl (C=O) groups excluding carboxylic acids is 1. The van der Waals surface area contributed by atoms with Gasteiger partial charge in [-0.2, -0.15) is 0 Å². The summed E-state index contributed by atoms with van der Waals surface area (Å²) in [5.74, 6) is 1.04. The minimum Gasteiger partial charge on any atom is -0.546 e. The zero-order chi connectivity index (χ0) is 19.2. The van der Waals surface area contributed by atoms with Crippen LogP contribution in [0.2, 0.25) is 13.1 Å². The van der Waals surface area contributed by atoms with Crippen molar-refractivity contribution in [2.45, 2.75) is 39.3 Å². The lowest BCUT2D eigenvalue weighted by Crippen LogP contribution is -2.21. The summed E-state index contributed by atoms with van der Waals surface area (Å²) in [5.41, 5.74) is 1.39. The second kappa shape index (κ2) is 8.90. The maximum Gasteiger partial charge on any atom is 0.341 e. The molecule has 0 saturated carbocycles. The van der Waals surface area contributed by atoms with Crippen molar-refractivity contribution in [3.05, 3.63) is 59.7 Å². The lowest BCUT2D eigenvalue weighted by molar-refractivity contribution is 0.0448. The number of hydrogen-bond acceptors (Lipinski definition) is 4. The van der Waals surface area contributed by atoms with Gasteiger partial charge in [0.2, 0.25) is 9.04 Å². The first-order valence-corrected chi connectivity index (χ1v) is 11.7. The van der Waals surface area contributed by atoms with E-state index in [1.165, 1.54) is 0 Å². The topological polar surface area (TPSA) is 44.8 Å². The Bertz CT molecular complexity index is 721. The Morgan fingerprint density at radius 1 is 0.962 bits per heavy atom. The Kier molecular flexibility index (Phi) is 6.86. The van der Waals surface area contributed by atoms with Crippen LogP contribution in [-0.2, 0) is 10.2 Å². The van der Waals surface area contributed by atoms with Gasteiger partial charge in [-0.05, 0) is 42.3 Å². The summed E-state index contributed by atoms with van der Waals surface area (Å²) in [6.07, 6.45) is 0. The van der Waals surface area contributed by atoms with E-state index >= 15 is 0 Å². The molecule has 0 spiro atoms. The molecule has 0 unspecified atom stereocenters. The van der Waals surface area contributed by atoms with Gasteiger partial charge in [-0.1, -0.05) is 51.1 Å². The van der Waals surface area contributed by atoms with Crippen molar-refractivity contribution in [2.24, 2.45) is 0 Å². The summed E-state index contributed by atoms with van der Waals surface area (Å²) < 4.78 is 17.1. The fourth-order valence-electron chi connectivity index (χ4n) is 2.54. The number of carbonyl (C=O) groups is 1. The minimum atomic E-state index is -1.37. The molecule has 4 nitrogen and oxygen atoms in total. The first kappa shape index (κ1) is 20.0. The monoisotopic (exact) mass is 372 g/mol. The highest BCUT2D eigenvalue weighted by Gasteiger charge is 2.25. The molecule has 26 heavy (non-hydrogen) atoms. The normalized spacial score (nSPS) is 11.3. The molecule has 0 aliphatic rings. The SMILES string of the molecule is C[SiH](C)Oc1c(C(=O)OCCOc2ccccc2)cccc1C(C)(C)C. The van der Waals surface area contributed by atoms with E-state index in [2.05, 4.69) is 33.9 Å². The van der Waals surface area contributed by atoms with Gasteiger partial charge in [-0.3, -0.25) is 0 Å². The first-order valence-electron chi connectivity index (χ1n) is 8.94. The molecule has 0 bridgehead atoms. The van der Waals surface area contributed by atoms with E-state index < -0.39 is 9.04 Å². The van der Waals surface area contributed by atoms with Gasteiger partial charge in [0.05, 0.1) is 0 Å². The molecule has 0 radical (unpaired) electrons. The molecule has 0 heterocycles. The van der Waals surface area contributed by atoms with Crippen LogP contribution in [0.25, 0.3) is 0 Å². The van der Waals surface area contributed by atoms with Crippen molar-refractivity contribution in [1.29, 1.82) is 0 Å². The number of para-hydroxylation sites is 2. The maximum absolute atomic E-state index is 12.6. The maximum atomic E-state index is 12.6. The van der Waals surface area contributed by atoms with Gasteiger partial charge in [0.15, 0.2) is 0 Å². The predicted octanol–water partition coefficient (Wildman–Crippen LogP) is 4.58. The Hall–Kier alpha value is -2.27. The third-order valence-corrected chi connectivity index (χ3v) is 4.43. The number of hydrogen-bond donors (Lipinski definition) is 0. The Balaban J connectivity index is 2.07. The summed E-state index contributed by atoms with van der Waals surface area (Å²) in [6, 6.07) is 15.1. The largest absolute Gasteiger partial charge is 0.546 e. The van der Waals surface area contributed by atoms with E-state index in [1.54, 1.807) is 6.07 Å². The molecule has 0 aliphatic carbocycles. The van der Waals surface area contributed by atoms with Crippen molar-refractivity contribution >= 4 is 15.0 Å². The number of esters is 1. The predicted molar refractivity (Wildman–Crippen MR) is 107 cm³/mol. The van der Waals surface area contributed by atoms with Crippen LogP contribution in [0, 0.1) is 0 Å². The van der Waals surface area contributed by atoms with Crippen molar-refractivity contribution in [3.63, 3.8) is 0 Å². The minimum absolute atomic E-state index is 0.120. The average molecular weight is 373 g/mol. The highest BCUT2D eigenvalue weighted by Crippen LogP contribution is 2.35. The van der Waals surface area contributed by atoms with Gasteiger partial charge < -0.3 is 13.9 Å². The van der Waals surface area contributed by atoms with E-state index in [0.29, 0.717) is 17.9 Å². The van der Waals surface area contributed by atoms with Crippen LogP contribution in [0.3, 0.4) is 0 Å². The third kappa shape index (κ3) is 5.63. The van der Waals surface area contributed by atoms with E-state index in [9.17, 15) is 4.79 Å². The second-order valence-electron chi connectivity index (χ2n) is 7.40. The molecule has 140 valence electrons. The lowest BCUT2D eigenvalue weighted by Gasteiger charge is -2.25. The smallest absolute Gasteiger partial charge is 0.341 e. The van der Waals surface area contributed by atoms with Crippen LogP contribution in [0.5, 0.6) is 11.5 Å². The van der Waals surface area contributed by atoms with Crippen LogP contribution >= 0.6 is 0 Å². The molecule has 5 heteroatoms. The molecule has 0 aromatic heterocycles. The number of ether oxygens (including phenoxy) is 2. The average Bonchev–Trinajstić information content (AvgIpc) is 2.58. The van der Waals surface area contributed by atoms with Crippen LogP contribution in [-0.4, -0.2) is 28.2 Å². The molecular formula is C21H28O4Si. The number of benzene rings is 2. The highest BCUT2D eigenvalue weighted by atomic mass is 28.3. The van der Waals surface area contributed by atoms with Crippen LogP contribution in [0.1, 0.15) is 36.7 Å². The Labute approximate surface area is 157 Å². The summed E-state index contributed by atoms with van der Waals surface area (Å²) >= 11 is 0. The molecule has 0 fully saturated rings. The standard InChI is InChI=1S/C21H28O4Si/c1-21(2,3)18-13-9-12-17(19(18)25-26(4)5)20(22)24-15-14-23-16-10-7-6-8-11-16/h6-13,26H,14-15H2,1-5H3. The van der Waals surface area contributed by atoms with Crippen LogP contribution in [0.15, 0.2) is 48.5 Å². The first-order chi connectivity index (χ1) is 12.3. The van der Waals surface area contributed by atoms with Crippen molar-refractivity contribution in [3.8, 4) is 11.5 Å². The summed E-state index contributed by atoms with van der Waals surface area (Å²) in [5, 5.41) is 0. The fourth-order valence-corrected chi connectivity index (χ4v) is 3.26. The van der Waals surface area contributed by atoms with Gasteiger partial charge in [0.1, 0.15) is 30.3 Å². The van der Waals surface area contributed by atoms with Gasteiger partial charge in [-0.25, -0.2) is 4.79 Å². The quantitative estimate of drug-likeness (QED) is 0.405. The van der Waals surface area contributed by atoms with Gasteiger partial charge in [0, 0.05) is 0 Å². The summed E-state index contributed by atoms with van der Waals surface area (Å²) in [6.45, 7) is 11.0. The molecule has 2 aromatic rings. The zero-order valence-electron chi connectivity index (χ0n) is 16.2. The van der Waals surface area contributed by atoms with Crippen molar-refractivity contribution in [1.82, 2.24) is 0 Å². The summed E-state index contributed by atoms with van der Waals surface area (Å²) in [4.78, 5) is 12.6. The van der Waals surface area contributed by atoms with E-state index in [1.807, 2.05) is 42.5 Å². The van der Waals surface area contributed by atoms with Gasteiger partial charge >= 0.3 is 5.97 Å². The van der Waals surface area contributed by atoms with Crippen molar-refractivity contribution < 1.29 is 18.7 Å². The molecule has 0 amide bonds. The molecule has 0 atom stereocenters. The van der Waals surface area contributed by atoms with E-state index in [4.69, 9.17) is 13.9 Å². The van der Waals surface area contributed by atoms with Crippen LogP contribution < -0.4 is 9.16 Å². The third-order valence-electron chi connectivity index (χ3n) is 3.72. The molecule has 0 saturated heterocycles. The Morgan fingerprint density at radius 2 is 1.65 bits per heavy atom. The summed E-state index contributed by atoms with van der Waals surface area (Å²) in [7, 11) is -1.37. The Morgan fingerprint density at radius 3 is 2.27 bits per heavy atom. The van der Waals surface area contributed by atoms with Gasteiger partial charge in [0.25, 0.3) is 0 Å². The molecule has 0 aliphatic heterocycles. The van der Waals surface area contributed by atoms with E-state index in [0.717, 1.165) is 11.3 Å². The molecule has 0 N–H and O–H groups in total. The lowest BCUT2D eigenvalue weighted by atomic mass is 9.85. The van der Waals surface area contributed by atoms with E-state index in [-0.39, 0.29) is 18.0 Å². The van der Waals surface area contributed by atoms with Crippen molar-refractivity contribution in [2.75, 3.05) is 13.2 Å². The number of rotatable bonds is 7. The van der Waals surface area contributed by atoms with Crippen LogP contribution in [0.4, 0.5) is 0 Å². The van der Waals surface area contributed by atoms with Gasteiger partial charge in [-0.15, -0.1) is 0 Å². The fraction of sp³-hybridized carbons (Fsp3) is 0.381. The molecule has 2 rings (SSSR count). The second-order valence-corrected chi connectivity index (χ2v) is 9.73. The zero-order valence-corrected chi connectivity index (χ0v) is 17.4. The highest BCUT2D eigenvalue weighted by molar-refractivity contribution is 6.49.